The Morgan fingerprint density at radius 1 is 1.19 bits per heavy atom. The highest BCUT2D eigenvalue weighted by atomic mass is 35.5. The van der Waals surface area contributed by atoms with Crippen LogP contribution in [0.25, 0.3) is 0 Å². The number of aliphatic carboxylic acids is 1. The van der Waals surface area contributed by atoms with Crippen molar-refractivity contribution >= 4 is 29.2 Å². The van der Waals surface area contributed by atoms with Gasteiger partial charge in [0.15, 0.2) is 0 Å². The van der Waals surface area contributed by atoms with Crippen LogP contribution in [0.1, 0.15) is 31.2 Å². The van der Waals surface area contributed by atoms with E-state index in [4.69, 9.17) is 16.7 Å². The highest BCUT2D eigenvalue weighted by Gasteiger charge is 2.31. The van der Waals surface area contributed by atoms with Crippen LogP contribution in [0.4, 0.5) is 5.69 Å². The highest BCUT2D eigenvalue weighted by Crippen LogP contribution is 2.31. The summed E-state index contributed by atoms with van der Waals surface area (Å²) in [5.41, 5.74) is 1.75. The standard InChI is InChI=1S/C16H20ClNO3/c1-10-3-8-13(9-14(10)17)18(2)15(19)11-4-6-12(7-5-11)16(20)21/h3,8-9,11-12H,4-7H2,1-2H3,(H,20,21). The molecule has 0 atom stereocenters. The number of anilines is 1. The van der Waals surface area contributed by atoms with Crippen molar-refractivity contribution in [1.82, 2.24) is 0 Å². The third-order valence-electron chi connectivity index (χ3n) is 4.30. The number of amides is 1. The summed E-state index contributed by atoms with van der Waals surface area (Å²) in [7, 11) is 1.74. The van der Waals surface area contributed by atoms with E-state index in [1.54, 1.807) is 18.0 Å². The first kappa shape index (κ1) is 15.8. The average Bonchev–Trinajstić information content (AvgIpc) is 2.48. The Morgan fingerprint density at radius 2 is 1.76 bits per heavy atom. The summed E-state index contributed by atoms with van der Waals surface area (Å²) in [6, 6.07) is 5.56. The summed E-state index contributed by atoms with van der Waals surface area (Å²) in [4.78, 5) is 25.1. The van der Waals surface area contributed by atoms with Crippen molar-refractivity contribution in [3.63, 3.8) is 0 Å². The molecule has 1 fully saturated rings. The van der Waals surface area contributed by atoms with Crippen LogP contribution in [0.3, 0.4) is 0 Å². The van der Waals surface area contributed by atoms with Gasteiger partial charge in [-0.1, -0.05) is 17.7 Å². The van der Waals surface area contributed by atoms with Crippen LogP contribution < -0.4 is 4.90 Å². The quantitative estimate of drug-likeness (QED) is 0.929. The number of rotatable bonds is 3. The van der Waals surface area contributed by atoms with Gasteiger partial charge in [-0.25, -0.2) is 0 Å². The second kappa shape index (κ2) is 6.48. The number of carbonyl (C=O) groups is 2. The fraction of sp³-hybridized carbons (Fsp3) is 0.500. The number of benzene rings is 1. The number of carboxylic acid groups (broad SMARTS) is 1. The van der Waals surface area contributed by atoms with Gasteiger partial charge in [0, 0.05) is 23.7 Å². The van der Waals surface area contributed by atoms with Gasteiger partial charge in [0.05, 0.1) is 5.92 Å². The first-order valence-electron chi connectivity index (χ1n) is 7.16. The summed E-state index contributed by atoms with van der Waals surface area (Å²) >= 11 is 6.10. The maximum atomic E-state index is 12.5. The minimum atomic E-state index is -0.750. The molecule has 1 N–H and O–H groups in total. The number of hydrogen-bond donors (Lipinski definition) is 1. The van der Waals surface area contributed by atoms with Crippen LogP contribution in [0.15, 0.2) is 18.2 Å². The molecule has 1 amide bonds. The molecule has 1 aromatic carbocycles. The maximum Gasteiger partial charge on any atom is 0.306 e. The van der Waals surface area contributed by atoms with Gasteiger partial charge in [0.1, 0.15) is 0 Å². The second-order valence-corrected chi connectivity index (χ2v) is 6.12. The zero-order valence-electron chi connectivity index (χ0n) is 12.3. The highest BCUT2D eigenvalue weighted by molar-refractivity contribution is 6.31. The second-order valence-electron chi connectivity index (χ2n) is 5.72. The van der Waals surface area contributed by atoms with E-state index in [1.165, 1.54) is 0 Å². The fourth-order valence-corrected chi connectivity index (χ4v) is 2.95. The number of hydrogen-bond acceptors (Lipinski definition) is 2. The molecule has 1 aliphatic carbocycles. The van der Waals surface area contributed by atoms with Crippen LogP contribution in [-0.4, -0.2) is 24.0 Å². The van der Waals surface area contributed by atoms with Crippen LogP contribution in [0.5, 0.6) is 0 Å². The first-order valence-corrected chi connectivity index (χ1v) is 7.54. The van der Waals surface area contributed by atoms with Crippen molar-refractivity contribution in [2.75, 3.05) is 11.9 Å². The molecule has 0 radical (unpaired) electrons. The Hall–Kier alpha value is -1.55. The smallest absolute Gasteiger partial charge is 0.306 e. The Morgan fingerprint density at radius 3 is 2.29 bits per heavy atom. The van der Waals surface area contributed by atoms with Gasteiger partial charge in [0.2, 0.25) is 5.91 Å². The van der Waals surface area contributed by atoms with E-state index in [1.807, 2.05) is 19.1 Å². The number of carbonyl (C=O) groups excluding carboxylic acids is 1. The number of nitrogens with zero attached hydrogens (tertiary/aromatic N) is 1. The molecule has 1 aliphatic rings. The predicted octanol–water partition coefficient (Wildman–Crippen LogP) is 3.50. The van der Waals surface area contributed by atoms with E-state index < -0.39 is 5.97 Å². The summed E-state index contributed by atoms with van der Waals surface area (Å²) < 4.78 is 0. The number of aryl methyl sites for hydroxylation is 1. The summed E-state index contributed by atoms with van der Waals surface area (Å²) in [5, 5.41) is 9.64. The van der Waals surface area contributed by atoms with E-state index in [9.17, 15) is 9.59 Å². The molecule has 0 saturated heterocycles. The van der Waals surface area contributed by atoms with E-state index in [-0.39, 0.29) is 17.7 Å². The lowest BCUT2D eigenvalue weighted by Gasteiger charge is -2.29. The van der Waals surface area contributed by atoms with E-state index >= 15 is 0 Å². The van der Waals surface area contributed by atoms with Gasteiger partial charge < -0.3 is 10.0 Å². The van der Waals surface area contributed by atoms with Gasteiger partial charge in [0.25, 0.3) is 0 Å². The molecule has 0 heterocycles. The molecule has 1 aromatic rings. The Labute approximate surface area is 129 Å². The van der Waals surface area contributed by atoms with Crippen molar-refractivity contribution in [1.29, 1.82) is 0 Å². The molecule has 5 heteroatoms. The zero-order chi connectivity index (χ0) is 15.6. The normalized spacial score (nSPS) is 21.9. The Kier molecular flexibility index (Phi) is 4.88. The van der Waals surface area contributed by atoms with Gasteiger partial charge in [-0.15, -0.1) is 0 Å². The third-order valence-corrected chi connectivity index (χ3v) is 4.71. The fourth-order valence-electron chi connectivity index (χ4n) is 2.78. The SMILES string of the molecule is Cc1ccc(N(C)C(=O)C2CCC(C(=O)O)CC2)cc1Cl. The maximum absolute atomic E-state index is 12.5. The third kappa shape index (κ3) is 3.56. The lowest BCUT2D eigenvalue weighted by molar-refractivity contribution is -0.143. The minimum Gasteiger partial charge on any atom is -0.481 e. The molecule has 2 rings (SSSR count). The average molecular weight is 310 g/mol. The molecule has 0 spiro atoms. The predicted molar refractivity (Wildman–Crippen MR) is 82.7 cm³/mol. The molecule has 0 aliphatic heterocycles. The van der Waals surface area contributed by atoms with Crippen molar-refractivity contribution in [2.24, 2.45) is 11.8 Å². The van der Waals surface area contributed by atoms with Gasteiger partial charge in [-0.05, 0) is 50.3 Å². The lowest BCUT2D eigenvalue weighted by atomic mass is 9.81. The summed E-state index contributed by atoms with van der Waals surface area (Å²) in [6.07, 6.45) is 2.43. The molecule has 114 valence electrons. The van der Waals surface area contributed by atoms with E-state index in [2.05, 4.69) is 0 Å². The Bertz CT molecular complexity index is 550. The summed E-state index contributed by atoms with van der Waals surface area (Å²) in [6.45, 7) is 1.92. The largest absolute Gasteiger partial charge is 0.481 e. The van der Waals surface area contributed by atoms with E-state index in [0.29, 0.717) is 30.7 Å². The van der Waals surface area contributed by atoms with Gasteiger partial charge >= 0.3 is 5.97 Å². The van der Waals surface area contributed by atoms with Crippen molar-refractivity contribution in [3.8, 4) is 0 Å². The van der Waals surface area contributed by atoms with Gasteiger partial charge in [-0.2, -0.15) is 0 Å². The van der Waals surface area contributed by atoms with Crippen LogP contribution in [-0.2, 0) is 9.59 Å². The number of carboxylic acids is 1. The van der Waals surface area contributed by atoms with Crippen LogP contribution in [0, 0.1) is 18.8 Å². The van der Waals surface area contributed by atoms with Crippen LogP contribution >= 0.6 is 11.6 Å². The van der Waals surface area contributed by atoms with Gasteiger partial charge in [-0.3, -0.25) is 9.59 Å². The van der Waals surface area contributed by atoms with Crippen molar-refractivity contribution < 1.29 is 14.7 Å². The molecule has 4 nitrogen and oxygen atoms in total. The molecular weight excluding hydrogens is 290 g/mol. The monoisotopic (exact) mass is 309 g/mol. The van der Waals surface area contributed by atoms with Crippen LogP contribution in [0.2, 0.25) is 5.02 Å². The first-order chi connectivity index (χ1) is 9.90. The molecule has 1 saturated carbocycles. The lowest BCUT2D eigenvalue weighted by Crippen LogP contribution is -2.36. The molecule has 0 unspecified atom stereocenters. The molecule has 0 bridgehead atoms. The molecule has 0 aromatic heterocycles. The van der Waals surface area contributed by atoms with Crippen molar-refractivity contribution in [2.45, 2.75) is 32.6 Å². The molecular formula is C16H20ClNO3. The zero-order valence-corrected chi connectivity index (χ0v) is 13.1. The minimum absolute atomic E-state index is 0.0405. The summed E-state index contributed by atoms with van der Waals surface area (Å²) in [5.74, 6) is -1.10. The Balaban J connectivity index is 2.03. The van der Waals surface area contributed by atoms with E-state index in [0.717, 1.165) is 11.3 Å². The van der Waals surface area contributed by atoms with Crippen molar-refractivity contribution in [3.05, 3.63) is 28.8 Å². The number of halogens is 1. The topological polar surface area (TPSA) is 57.6 Å². The molecule has 21 heavy (non-hydrogen) atoms.